The molecule has 2 N–H and O–H groups in total. The molecule has 0 saturated carbocycles. The fraction of sp³-hybridized carbons (Fsp3) is 0.387. The normalized spacial score (nSPS) is 18.0. The number of nitrogens with one attached hydrogen (secondary N) is 1. The summed E-state index contributed by atoms with van der Waals surface area (Å²) < 4.78 is 46.3. The molecule has 0 aliphatic carbocycles. The van der Waals surface area contributed by atoms with Gasteiger partial charge < -0.3 is 24.2 Å². The molecule has 1 amide bonds. The Labute approximate surface area is 247 Å². The van der Waals surface area contributed by atoms with E-state index in [1.165, 1.54) is 19.2 Å². The van der Waals surface area contributed by atoms with Crippen molar-refractivity contribution in [1.82, 2.24) is 9.80 Å². The first-order chi connectivity index (χ1) is 20.1. The predicted octanol–water partition coefficient (Wildman–Crippen LogP) is 3.86. The average molecular weight is 598 g/mol. The first kappa shape index (κ1) is 31.1. The molecule has 42 heavy (non-hydrogen) atoms. The molecule has 0 fully saturated rings. The summed E-state index contributed by atoms with van der Waals surface area (Å²) in [7, 11) is 1.10. The summed E-state index contributed by atoms with van der Waals surface area (Å²) >= 11 is 0. The highest BCUT2D eigenvalue weighted by atomic mass is 32.2. The van der Waals surface area contributed by atoms with Gasteiger partial charge in [0.2, 0.25) is 0 Å². The predicted molar refractivity (Wildman–Crippen MR) is 161 cm³/mol. The summed E-state index contributed by atoms with van der Waals surface area (Å²) in [4.78, 5) is 17.5. The third-order valence-corrected chi connectivity index (χ3v) is 8.79. The Hall–Kier alpha value is -3.80. The lowest BCUT2D eigenvalue weighted by molar-refractivity contribution is 0.0344. The second-order valence-electron chi connectivity index (χ2n) is 10.6. The number of carbonyl (C=O) groups is 1. The van der Waals surface area contributed by atoms with E-state index in [4.69, 9.17) is 14.2 Å². The first-order valence-corrected chi connectivity index (χ1v) is 15.2. The van der Waals surface area contributed by atoms with Crippen molar-refractivity contribution < 1.29 is 32.5 Å². The van der Waals surface area contributed by atoms with Crippen molar-refractivity contribution >= 4 is 21.6 Å². The molecule has 0 spiro atoms. The molecule has 3 aromatic carbocycles. The number of aliphatic hydroxyl groups excluding tert-OH is 1. The van der Waals surface area contributed by atoms with Crippen molar-refractivity contribution in [1.29, 1.82) is 0 Å². The lowest BCUT2D eigenvalue weighted by Crippen LogP contribution is -2.49. The van der Waals surface area contributed by atoms with Crippen molar-refractivity contribution in [2.24, 2.45) is 5.92 Å². The van der Waals surface area contributed by atoms with E-state index in [0.717, 1.165) is 11.3 Å². The van der Waals surface area contributed by atoms with Crippen LogP contribution < -0.4 is 18.9 Å². The topological polar surface area (TPSA) is 118 Å². The Morgan fingerprint density at radius 1 is 1.05 bits per heavy atom. The van der Waals surface area contributed by atoms with Gasteiger partial charge in [-0.1, -0.05) is 25.1 Å². The van der Waals surface area contributed by atoms with Gasteiger partial charge >= 0.3 is 0 Å². The Morgan fingerprint density at radius 2 is 1.67 bits per heavy atom. The third-order valence-electron chi connectivity index (χ3n) is 7.41. The molecule has 4 rings (SSSR count). The van der Waals surface area contributed by atoms with Gasteiger partial charge in [-0.3, -0.25) is 14.4 Å². The number of fused-ring (bicyclic) bond motifs is 1. The summed E-state index contributed by atoms with van der Waals surface area (Å²) in [6.45, 7) is 5.08. The number of anilines is 1. The molecule has 1 heterocycles. The number of likely N-dealkylation sites (N-methyl/N-ethyl adjacent to an activating group) is 1. The van der Waals surface area contributed by atoms with Gasteiger partial charge in [0.1, 0.15) is 17.6 Å². The van der Waals surface area contributed by atoms with Gasteiger partial charge in [0.05, 0.1) is 43.0 Å². The third kappa shape index (κ3) is 7.15. The number of hydrogen-bond acceptors (Lipinski definition) is 8. The molecule has 3 atom stereocenters. The number of rotatable bonds is 11. The maximum absolute atomic E-state index is 13.7. The Bertz CT molecular complexity index is 1460. The van der Waals surface area contributed by atoms with Crippen LogP contribution in [0.1, 0.15) is 29.8 Å². The zero-order chi connectivity index (χ0) is 30.4. The lowest BCUT2D eigenvalue weighted by atomic mass is 9.99. The van der Waals surface area contributed by atoms with Crippen molar-refractivity contribution in [3.05, 3.63) is 77.9 Å². The summed E-state index contributed by atoms with van der Waals surface area (Å²) in [6, 6.07) is 18.2. The van der Waals surface area contributed by atoms with Gasteiger partial charge in [0, 0.05) is 25.6 Å². The number of methoxy groups -OCH3 is 2. The zero-order valence-electron chi connectivity index (χ0n) is 24.6. The highest BCUT2D eigenvalue weighted by Crippen LogP contribution is 2.36. The second-order valence-corrected chi connectivity index (χ2v) is 12.3. The zero-order valence-corrected chi connectivity index (χ0v) is 25.4. The molecule has 0 radical (unpaired) electrons. The minimum absolute atomic E-state index is 0.0396. The van der Waals surface area contributed by atoms with Crippen molar-refractivity contribution in [2.75, 3.05) is 45.7 Å². The van der Waals surface area contributed by atoms with Crippen LogP contribution in [-0.2, 0) is 16.6 Å². The van der Waals surface area contributed by atoms with Gasteiger partial charge in [-0.25, -0.2) is 8.42 Å². The minimum atomic E-state index is -4.02. The van der Waals surface area contributed by atoms with Crippen molar-refractivity contribution in [3.8, 4) is 17.2 Å². The first-order valence-electron chi connectivity index (χ1n) is 13.8. The Kier molecular flexibility index (Phi) is 9.97. The number of sulfonamides is 1. The number of carbonyl (C=O) groups excluding carboxylic acids is 1. The molecular weight excluding hydrogens is 558 g/mol. The van der Waals surface area contributed by atoms with Crippen molar-refractivity contribution in [2.45, 2.75) is 37.4 Å². The fourth-order valence-corrected chi connectivity index (χ4v) is 5.98. The number of amides is 1. The maximum atomic E-state index is 13.7. The molecule has 0 saturated heterocycles. The van der Waals surface area contributed by atoms with E-state index in [0.29, 0.717) is 25.4 Å². The maximum Gasteiger partial charge on any atom is 0.262 e. The number of hydrogen-bond donors (Lipinski definition) is 2. The monoisotopic (exact) mass is 597 g/mol. The van der Waals surface area contributed by atoms with Crippen LogP contribution in [0.4, 0.5) is 5.69 Å². The number of aliphatic hydroxyl groups is 1. The molecule has 10 nitrogen and oxygen atoms in total. The Balaban J connectivity index is 1.68. The molecule has 11 heteroatoms. The van der Waals surface area contributed by atoms with E-state index in [-0.39, 0.29) is 40.3 Å². The second kappa shape index (κ2) is 13.5. The van der Waals surface area contributed by atoms with Crippen LogP contribution in [0.25, 0.3) is 0 Å². The smallest absolute Gasteiger partial charge is 0.262 e. The number of ether oxygens (including phenoxy) is 3. The Morgan fingerprint density at radius 3 is 2.26 bits per heavy atom. The van der Waals surface area contributed by atoms with Gasteiger partial charge in [-0.15, -0.1) is 0 Å². The molecule has 1 aliphatic heterocycles. The lowest BCUT2D eigenvalue weighted by Gasteiger charge is -2.38. The summed E-state index contributed by atoms with van der Waals surface area (Å²) in [5.41, 5.74) is 1.47. The molecule has 226 valence electrons. The summed E-state index contributed by atoms with van der Waals surface area (Å²) in [5.74, 6) is 0.988. The van der Waals surface area contributed by atoms with Crippen LogP contribution in [0.15, 0.2) is 71.6 Å². The van der Waals surface area contributed by atoms with E-state index >= 15 is 0 Å². The molecule has 0 bridgehead atoms. The van der Waals surface area contributed by atoms with Gasteiger partial charge in [-0.2, -0.15) is 0 Å². The summed E-state index contributed by atoms with van der Waals surface area (Å²) in [5, 5.41) is 9.94. The molecule has 1 aliphatic rings. The van der Waals surface area contributed by atoms with E-state index in [2.05, 4.69) is 9.62 Å². The highest BCUT2D eigenvalue weighted by Gasteiger charge is 2.35. The molecular formula is C31H39N3O7S. The van der Waals surface area contributed by atoms with E-state index in [9.17, 15) is 18.3 Å². The number of nitrogens with zero attached hydrogens (tertiary/aromatic N) is 2. The average Bonchev–Trinajstić information content (AvgIpc) is 2.99. The number of benzene rings is 3. The largest absolute Gasteiger partial charge is 0.497 e. The van der Waals surface area contributed by atoms with Crippen molar-refractivity contribution in [3.63, 3.8) is 0 Å². The van der Waals surface area contributed by atoms with Crippen LogP contribution in [0.5, 0.6) is 17.2 Å². The number of para-hydroxylation sites is 1. The summed E-state index contributed by atoms with van der Waals surface area (Å²) in [6.07, 6.45) is -0.403. The van der Waals surface area contributed by atoms with E-state index in [1.54, 1.807) is 49.3 Å². The minimum Gasteiger partial charge on any atom is -0.497 e. The SMILES string of the molecule is COc1ccc(CN(C)C[C@@H]2Oc3c(NS(=O)(=O)c4ccc(OC)cc4)cccc3C(=O)N([C@@H](C)CO)C[C@@H]2C)cc1. The van der Waals surface area contributed by atoms with E-state index in [1.807, 2.05) is 38.2 Å². The van der Waals surface area contributed by atoms with Crippen LogP contribution in [-0.4, -0.2) is 82.3 Å². The van der Waals surface area contributed by atoms with Crippen LogP contribution in [0.2, 0.25) is 0 Å². The van der Waals surface area contributed by atoms with Gasteiger partial charge in [0.25, 0.3) is 15.9 Å². The van der Waals surface area contributed by atoms with Gasteiger partial charge in [-0.05, 0) is 68.1 Å². The quantitative estimate of drug-likeness (QED) is 0.342. The highest BCUT2D eigenvalue weighted by molar-refractivity contribution is 7.92. The standard InChI is InChI=1S/C31H39N3O7S/c1-21-17-34(22(2)20-35)31(36)27-7-6-8-28(32-42(37,38)26-15-13-25(40-5)14-16-26)30(27)41-29(21)19-33(3)18-23-9-11-24(39-4)12-10-23/h6-16,21-22,29,32,35H,17-20H2,1-5H3/t21-,22-,29-/m0/s1. The van der Waals surface area contributed by atoms with Crippen LogP contribution in [0, 0.1) is 5.92 Å². The fourth-order valence-electron chi connectivity index (χ4n) is 4.91. The van der Waals surface area contributed by atoms with E-state index < -0.39 is 22.2 Å². The van der Waals surface area contributed by atoms with Crippen LogP contribution in [0.3, 0.4) is 0 Å². The molecule has 3 aromatic rings. The van der Waals surface area contributed by atoms with Crippen LogP contribution >= 0.6 is 0 Å². The molecule has 0 aromatic heterocycles. The van der Waals surface area contributed by atoms with Gasteiger partial charge in [0.15, 0.2) is 5.75 Å². The molecule has 0 unspecified atom stereocenters.